The van der Waals surface area contributed by atoms with E-state index in [9.17, 15) is 14.4 Å². The lowest BCUT2D eigenvalue weighted by Gasteiger charge is -2.18. The van der Waals surface area contributed by atoms with Gasteiger partial charge in [0.15, 0.2) is 0 Å². The highest BCUT2D eigenvalue weighted by Gasteiger charge is 2.43. The van der Waals surface area contributed by atoms with Gasteiger partial charge in [0.1, 0.15) is 10.9 Å². The van der Waals surface area contributed by atoms with E-state index in [0.717, 1.165) is 30.2 Å². The summed E-state index contributed by atoms with van der Waals surface area (Å²) in [6.45, 7) is 2.85. The van der Waals surface area contributed by atoms with Gasteiger partial charge >= 0.3 is 0 Å². The van der Waals surface area contributed by atoms with Crippen LogP contribution >= 0.6 is 24.0 Å². The number of thioether (sulfide) groups is 1. The highest BCUT2D eigenvalue weighted by Crippen LogP contribution is 2.44. The van der Waals surface area contributed by atoms with Crippen molar-refractivity contribution in [3.05, 3.63) is 64.6 Å². The number of amides is 3. The first-order valence-electron chi connectivity index (χ1n) is 11.1. The molecule has 1 unspecified atom stereocenters. The number of ether oxygens (including phenoxy) is 1. The quantitative estimate of drug-likeness (QED) is 0.505. The zero-order valence-electron chi connectivity index (χ0n) is 18.6. The van der Waals surface area contributed by atoms with Crippen molar-refractivity contribution in [2.24, 2.45) is 0 Å². The van der Waals surface area contributed by atoms with Gasteiger partial charge in [-0.1, -0.05) is 54.3 Å². The van der Waals surface area contributed by atoms with Crippen molar-refractivity contribution in [2.45, 2.75) is 25.9 Å². The zero-order valence-corrected chi connectivity index (χ0v) is 20.2. The number of para-hydroxylation sites is 1. The molecule has 0 bridgehead atoms. The second kappa shape index (κ2) is 9.32. The van der Waals surface area contributed by atoms with E-state index in [0.29, 0.717) is 44.9 Å². The summed E-state index contributed by atoms with van der Waals surface area (Å²) in [4.78, 5) is 42.9. The maximum absolute atomic E-state index is 13.5. The molecule has 34 heavy (non-hydrogen) atoms. The summed E-state index contributed by atoms with van der Waals surface area (Å²) in [5.74, 6) is -0.978. The van der Waals surface area contributed by atoms with E-state index in [1.807, 2.05) is 37.3 Å². The molecule has 1 N–H and O–H groups in total. The number of nitrogens with one attached hydrogen (secondary N) is 1. The normalized spacial score (nSPS) is 22.0. The Labute approximate surface area is 207 Å². The first-order chi connectivity index (χ1) is 16.4. The molecule has 174 valence electrons. The third-order valence-corrected chi connectivity index (χ3v) is 7.46. The predicted octanol–water partition coefficient (Wildman–Crippen LogP) is 3.73. The van der Waals surface area contributed by atoms with E-state index in [1.54, 1.807) is 18.2 Å². The van der Waals surface area contributed by atoms with Crippen LogP contribution in [0, 0.1) is 6.92 Å². The fourth-order valence-electron chi connectivity index (χ4n) is 4.42. The molecular formula is C25H23N3O4S2. The van der Waals surface area contributed by atoms with Gasteiger partial charge in [-0.25, -0.2) is 0 Å². The third-order valence-electron chi connectivity index (χ3n) is 6.01. The van der Waals surface area contributed by atoms with Crippen LogP contribution in [-0.4, -0.2) is 52.7 Å². The molecule has 2 saturated heterocycles. The Morgan fingerprint density at radius 3 is 2.74 bits per heavy atom. The Balaban J connectivity index is 1.41. The standard InChI is InChI=1S/C25H23N3O4S2/c1-15-6-4-7-16(12-15)26-20(29)14-27-19-10-3-2-9-18(19)21(23(27)30)22-24(31)28(25(33)34-22)13-17-8-5-11-32-17/h2-4,6-7,9-10,12,17H,5,8,11,13-14H2,1H3,(H,26,29). The molecule has 5 rings (SSSR count). The molecule has 3 aliphatic heterocycles. The SMILES string of the molecule is Cc1cccc(NC(=O)CN2C(=O)C(=C3SC(=S)N(CC4CCCO4)C3=O)c3ccccc32)c1. The lowest BCUT2D eigenvalue weighted by Crippen LogP contribution is -2.36. The second-order valence-electron chi connectivity index (χ2n) is 8.45. The summed E-state index contributed by atoms with van der Waals surface area (Å²) in [5, 5.41) is 2.84. The minimum atomic E-state index is -0.377. The average molecular weight is 494 g/mol. The smallest absolute Gasteiger partial charge is 0.267 e. The number of hydrogen-bond donors (Lipinski definition) is 1. The molecule has 0 spiro atoms. The summed E-state index contributed by atoms with van der Waals surface area (Å²) in [7, 11) is 0. The Morgan fingerprint density at radius 1 is 1.15 bits per heavy atom. The van der Waals surface area contributed by atoms with Crippen molar-refractivity contribution in [3.8, 4) is 0 Å². The van der Waals surface area contributed by atoms with Crippen LogP contribution in [0.4, 0.5) is 11.4 Å². The van der Waals surface area contributed by atoms with E-state index in [2.05, 4.69) is 5.32 Å². The highest BCUT2D eigenvalue weighted by molar-refractivity contribution is 8.26. The number of anilines is 2. The molecule has 0 saturated carbocycles. The zero-order chi connectivity index (χ0) is 23.8. The molecule has 1 atom stereocenters. The molecule has 3 amide bonds. The fraction of sp³-hybridized carbons (Fsp3) is 0.280. The van der Waals surface area contributed by atoms with Crippen molar-refractivity contribution < 1.29 is 19.1 Å². The molecule has 2 aromatic rings. The summed E-state index contributed by atoms with van der Waals surface area (Å²) in [6, 6.07) is 14.7. The minimum absolute atomic E-state index is 0.0415. The molecule has 2 fully saturated rings. The second-order valence-corrected chi connectivity index (χ2v) is 10.1. The van der Waals surface area contributed by atoms with Gasteiger partial charge in [0, 0.05) is 17.9 Å². The molecular weight excluding hydrogens is 470 g/mol. The van der Waals surface area contributed by atoms with Crippen LogP contribution in [0.5, 0.6) is 0 Å². The van der Waals surface area contributed by atoms with Crippen LogP contribution in [0.3, 0.4) is 0 Å². The van der Waals surface area contributed by atoms with E-state index in [4.69, 9.17) is 17.0 Å². The number of carbonyl (C=O) groups is 3. The fourth-order valence-corrected chi connectivity index (χ4v) is 5.77. The van der Waals surface area contributed by atoms with Crippen molar-refractivity contribution in [3.63, 3.8) is 0 Å². The Hall–Kier alpha value is -3.01. The molecule has 7 nitrogen and oxygen atoms in total. The van der Waals surface area contributed by atoms with E-state index in [-0.39, 0.29) is 30.4 Å². The molecule has 0 aromatic heterocycles. The van der Waals surface area contributed by atoms with E-state index < -0.39 is 0 Å². The summed E-state index contributed by atoms with van der Waals surface area (Å²) in [5.41, 5.74) is 3.22. The van der Waals surface area contributed by atoms with Gasteiger partial charge in [0.2, 0.25) is 5.91 Å². The van der Waals surface area contributed by atoms with Gasteiger partial charge in [-0.05, 0) is 43.5 Å². The van der Waals surface area contributed by atoms with E-state index in [1.165, 1.54) is 9.80 Å². The van der Waals surface area contributed by atoms with Crippen molar-refractivity contribution in [1.82, 2.24) is 4.90 Å². The van der Waals surface area contributed by atoms with Crippen LogP contribution in [0.15, 0.2) is 53.4 Å². The maximum Gasteiger partial charge on any atom is 0.267 e. The van der Waals surface area contributed by atoms with Crippen LogP contribution in [0.1, 0.15) is 24.0 Å². The number of rotatable bonds is 5. The van der Waals surface area contributed by atoms with Gasteiger partial charge in [-0.3, -0.25) is 24.2 Å². The minimum Gasteiger partial charge on any atom is -0.376 e. The molecule has 0 aliphatic carbocycles. The van der Waals surface area contributed by atoms with Gasteiger partial charge in [0.25, 0.3) is 11.8 Å². The Morgan fingerprint density at radius 2 is 1.97 bits per heavy atom. The average Bonchev–Trinajstić information content (AvgIpc) is 3.49. The number of nitrogens with zero attached hydrogens (tertiary/aromatic N) is 2. The Bertz CT molecular complexity index is 1240. The third kappa shape index (κ3) is 4.26. The first kappa shape index (κ1) is 22.8. The number of thiocarbonyl (C=S) groups is 1. The number of carbonyl (C=O) groups excluding carboxylic acids is 3. The van der Waals surface area contributed by atoms with Gasteiger partial charge in [0.05, 0.1) is 28.8 Å². The maximum atomic E-state index is 13.5. The summed E-state index contributed by atoms with van der Waals surface area (Å²) < 4.78 is 6.09. The highest BCUT2D eigenvalue weighted by atomic mass is 32.2. The predicted molar refractivity (Wildman–Crippen MR) is 136 cm³/mol. The molecule has 3 aliphatic rings. The van der Waals surface area contributed by atoms with Gasteiger partial charge < -0.3 is 10.1 Å². The van der Waals surface area contributed by atoms with Gasteiger partial charge in [-0.2, -0.15) is 0 Å². The number of aryl methyl sites for hydroxylation is 1. The number of hydrogen-bond acceptors (Lipinski definition) is 6. The van der Waals surface area contributed by atoms with Crippen LogP contribution in [0.25, 0.3) is 5.57 Å². The lowest BCUT2D eigenvalue weighted by atomic mass is 10.1. The molecule has 2 aromatic carbocycles. The molecule has 0 radical (unpaired) electrons. The molecule has 9 heteroatoms. The van der Waals surface area contributed by atoms with E-state index >= 15 is 0 Å². The lowest BCUT2D eigenvalue weighted by molar-refractivity contribution is -0.123. The largest absolute Gasteiger partial charge is 0.376 e. The van der Waals surface area contributed by atoms with Gasteiger partial charge in [-0.15, -0.1) is 0 Å². The first-order valence-corrected chi connectivity index (χ1v) is 12.3. The van der Waals surface area contributed by atoms with Crippen molar-refractivity contribution >= 4 is 63.0 Å². The number of fused-ring (bicyclic) bond motifs is 1. The number of benzene rings is 2. The van der Waals surface area contributed by atoms with Crippen LogP contribution in [0.2, 0.25) is 0 Å². The summed E-state index contributed by atoms with van der Waals surface area (Å²) >= 11 is 6.61. The van der Waals surface area contributed by atoms with Crippen LogP contribution < -0.4 is 10.2 Å². The van der Waals surface area contributed by atoms with Crippen LogP contribution in [-0.2, 0) is 19.1 Å². The Kier molecular flexibility index (Phi) is 6.24. The van der Waals surface area contributed by atoms with Crippen molar-refractivity contribution in [2.75, 3.05) is 29.9 Å². The summed E-state index contributed by atoms with van der Waals surface area (Å²) in [6.07, 6.45) is 1.81. The van der Waals surface area contributed by atoms with Crippen molar-refractivity contribution in [1.29, 1.82) is 0 Å². The molecule has 3 heterocycles. The topological polar surface area (TPSA) is 79.0 Å². The monoisotopic (exact) mass is 493 g/mol.